The van der Waals surface area contributed by atoms with Crippen molar-refractivity contribution in [2.24, 2.45) is 0 Å². The highest BCUT2D eigenvalue weighted by atomic mass is 19.1. The maximum absolute atomic E-state index is 12.9. The average Bonchev–Trinajstić information content (AvgIpc) is 2.70. The van der Waals surface area contributed by atoms with Crippen LogP contribution in [0.25, 0.3) is 0 Å². The van der Waals surface area contributed by atoms with E-state index in [0.29, 0.717) is 29.9 Å². The van der Waals surface area contributed by atoms with Gasteiger partial charge in [-0.05, 0) is 54.4 Å². The largest absolute Gasteiger partial charge is 0.352 e. The van der Waals surface area contributed by atoms with Gasteiger partial charge in [-0.15, -0.1) is 0 Å². The minimum Gasteiger partial charge on any atom is -0.352 e. The van der Waals surface area contributed by atoms with Gasteiger partial charge in [0.1, 0.15) is 11.6 Å². The summed E-state index contributed by atoms with van der Waals surface area (Å²) in [4.78, 5) is 16.5. The molecule has 6 heteroatoms. The molecule has 3 rings (SSSR count). The first-order chi connectivity index (χ1) is 13.1. The van der Waals surface area contributed by atoms with Gasteiger partial charge in [0.25, 0.3) is 5.91 Å². The van der Waals surface area contributed by atoms with Gasteiger partial charge in [-0.3, -0.25) is 4.79 Å². The van der Waals surface area contributed by atoms with Gasteiger partial charge in [0.15, 0.2) is 0 Å². The lowest BCUT2D eigenvalue weighted by Crippen LogP contribution is -2.25. The normalized spacial score (nSPS) is 10.1. The Hall–Kier alpha value is -3.72. The van der Waals surface area contributed by atoms with Gasteiger partial charge in [-0.1, -0.05) is 18.2 Å². The Morgan fingerprint density at radius 2 is 1.93 bits per heavy atom. The molecule has 5 nitrogen and oxygen atoms in total. The minimum absolute atomic E-state index is 0.215. The van der Waals surface area contributed by atoms with E-state index >= 15 is 0 Å². The zero-order valence-corrected chi connectivity index (χ0v) is 14.4. The number of pyridine rings is 1. The maximum atomic E-state index is 12.9. The van der Waals surface area contributed by atoms with Crippen molar-refractivity contribution in [2.75, 3.05) is 11.9 Å². The van der Waals surface area contributed by atoms with E-state index in [2.05, 4.69) is 21.7 Å². The van der Waals surface area contributed by atoms with Crippen molar-refractivity contribution in [1.29, 1.82) is 5.26 Å². The van der Waals surface area contributed by atoms with Crippen LogP contribution in [0.2, 0.25) is 0 Å². The van der Waals surface area contributed by atoms with Crippen molar-refractivity contribution in [3.8, 4) is 6.07 Å². The number of halogens is 1. The van der Waals surface area contributed by atoms with Crippen molar-refractivity contribution >= 4 is 17.4 Å². The lowest BCUT2D eigenvalue weighted by molar-refractivity contribution is 0.0954. The number of benzene rings is 2. The number of nitrogens with zero attached hydrogens (tertiary/aromatic N) is 2. The van der Waals surface area contributed by atoms with Crippen molar-refractivity contribution < 1.29 is 9.18 Å². The van der Waals surface area contributed by atoms with Gasteiger partial charge in [0.2, 0.25) is 0 Å². The van der Waals surface area contributed by atoms with Crippen molar-refractivity contribution in [2.45, 2.75) is 6.42 Å². The molecule has 0 atom stereocenters. The SMILES string of the molecule is N#Cc1cccc(Nc2cc(C(=O)NCCc3ccc(F)cc3)ccn2)c1. The zero-order chi connectivity index (χ0) is 19.1. The van der Waals surface area contributed by atoms with E-state index in [1.807, 2.05) is 6.07 Å². The molecule has 1 aromatic heterocycles. The van der Waals surface area contributed by atoms with E-state index in [1.165, 1.54) is 12.1 Å². The second kappa shape index (κ2) is 8.59. The Kier molecular flexibility index (Phi) is 5.75. The van der Waals surface area contributed by atoms with Crippen LogP contribution in [0.1, 0.15) is 21.5 Å². The molecular weight excluding hydrogens is 343 g/mol. The molecular formula is C21H17FN4O. The first-order valence-corrected chi connectivity index (χ1v) is 8.40. The molecule has 1 amide bonds. The minimum atomic E-state index is -0.278. The summed E-state index contributed by atoms with van der Waals surface area (Å²) in [5, 5.41) is 14.9. The van der Waals surface area contributed by atoms with Crippen molar-refractivity contribution in [1.82, 2.24) is 10.3 Å². The van der Waals surface area contributed by atoms with Crippen LogP contribution in [-0.4, -0.2) is 17.4 Å². The van der Waals surface area contributed by atoms with Crippen LogP contribution in [0.4, 0.5) is 15.9 Å². The van der Waals surface area contributed by atoms with E-state index in [-0.39, 0.29) is 11.7 Å². The quantitative estimate of drug-likeness (QED) is 0.701. The summed E-state index contributed by atoms with van der Waals surface area (Å²) in [6.45, 7) is 0.444. The second-order valence-electron chi connectivity index (χ2n) is 5.88. The number of nitrogens with one attached hydrogen (secondary N) is 2. The Balaban J connectivity index is 1.59. The van der Waals surface area contributed by atoms with E-state index < -0.39 is 0 Å². The predicted molar refractivity (Wildman–Crippen MR) is 101 cm³/mol. The average molecular weight is 360 g/mol. The Morgan fingerprint density at radius 3 is 2.70 bits per heavy atom. The Morgan fingerprint density at radius 1 is 1.11 bits per heavy atom. The van der Waals surface area contributed by atoms with Crippen LogP contribution >= 0.6 is 0 Å². The summed E-state index contributed by atoms with van der Waals surface area (Å²) >= 11 is 0. The molecule has 0 saturated heterocycles. The number of aromatic nitrogens is 1. The van der Waals surface area contributed by atoms with Gasteiger partial charge >= 0.3 is 0 Å². The summed E-state index contributed by atoms with van der Waals surface area (Å²) in [6.07, 6.45) is 2.16. The standard InChI is InChI=1S/C21H17FN4O/c22-18-6-4-15(5-7-18)8-10-25-21(27)17-9-11-24-20(13-17)26-19-3-1-2-16(12-19)14-23/h1-7,9,11-13H,8,10H2,(H,24,26)(H,25,27). The molecule has 0 fully saturated rings. The van der Waals surface area contributed by atoms with Gasteiger partial charge in [0, 0.05) is 24.0 Å². The van der Waals surface area contributed by atoms with Gasteiger partial charge in [-0.25, -0.2) is 9.37 Å². The van der Waals surface area contributed by atoms with Crippen LogP contribution in [0.3, 0.4) is 0 Å². The van der Waals surface area contributed by atoms with Crippen LogP contribution < -0.4 is 10.6 Å². The molecule has 0 aliphatic heterocycles. The number of hydrogen-bond donors (Lipinski definition) is 2. The number of carbonyl (C=O) groups excluding carboxylic acids is 1. The molecule has 0 saturated carbocycles. The summed E-state index contributed by atoms with van der Waals surface area (Å²) < 4.78 is 12.9. The highest BCUT2D eigenvalue weighted by Crippen LogP contribution is 2.16. The smallest absolute Gasteiger partial charge is 0.251 e. The molecule has 134 valence electrons. The van der Waals surface area contributed by atoms with Crippen molar-refractivity contribution in [3.63, 3.8) is 0 Å². The van der Waals surface area contributed by atoms with E-state index in [0.717, 1.165) is 11.3 Å². The van der Waals surface area contributed by atoms with Crippen LogP contribution in [0.15, 0.2) is 66.9 Å². The summed E-state index contributed by atoms with van der Waals surface area (Å²) in [5.41, 5.74) is 2.68. The first kappa shape index (κ1) is 18.1. The third-order valence-corrected chi connectivity index (χ3v) is 3.90. The lowest BCUT2D eigenvalue weighted by Gasteiger charge is -2.09. The molecule has 0 aliphatic rings. The zero-order valence-electron chi connectivity index (χ0n) is 14.4. The Bertz CT molecular complexity index is 980. The highest BCUT2D eigenvalue weighted by Gasteiger charge is 2.07. The van der Waals surface area contributed by atoms with Crippen molar-refractivity contribution in [3.05, 3.63) is 89.4 Å². The maximum Gasteiger partial charge on any atom is 0.251 e. The molecule has 27 heavy (non-hydrogen) atoms. The molecule has 0 bridgehead atoms. The number of rotatable bonds is 6. The number of hydrogen-bond acceptors (Lipinski definition) is 4. The second-order valence-corrected chi connectivity index (χ2v) is 5.88. The number of amides is 1. The molecule has 0 aliphatic carbocycles. The van der Waals surface area contributed by atoms with Gasteiger partial charge in [0.05, 0.1) is 11.6 Å². The fourth-order valence-corrected chi connectivity index (χ4v) is 2.53. The molecule has 1 heterocycles. The topological polar surface area (TPSA) is 77.8 Å². The molecule has 0 radical (unpaired) electrons. The molecule has 2 aromatic carbocycles. The lowest BCUT2D eigenvalue weighted by atomic mass is 10.1. The number of nitriles is 1. The summed E-state index contributed by atoms with van der Waals surface area (Å²) in [5.74, 6) is 0.0181. The number of anilines is 2. The Labute approximate surface area is 156 Å². The fourth-order valence-electron chi connectivity index (χ4n) is 2.53. The third-order valence-electron chi connectivity index (χ3n) is 3.90. The molecule has 0 unspecified atom stereocenters. The van der Waals surface area contributed by atoms with Crippen LogP contribution in [0, 0.1) is 17.1 Å². The fraction of sp³-hybridized carbons (Fsp3) is 0.0952. The highest BCUT2D eigenvalue weighted by molar-refractivity contribution is 5.94. The monoisotopic (exact) mass is 360 g/mol. The van der Waals surface area contributed by atoms with E-state index in [4.69, 9.17) is 5.26 Å². The van der Waals surface area contributed by atoms with Crippen LogP contribution in [0.5, 0.6) is 0 Å². The summed E-state index contributed by atoms with van der Waals surface area (Å²) in [7, 11) is 0. The third kappa shape index (κ3) is 5.13. The van der Waals surface area contributed by atoms with E-state index in [1.54, 1.807) is 48.7 Å². The first-order valence-electron chi connectivity index (χ1n) is 8.40. The number of carbonyl (C=O) groups is 1. The summed E-state index contributed by atoms with van der Waals surface area (Å²) in [6, 6.07) is 18.6. The molecule has 3 aromatic rings. The van der Waals surface area contributed by atoms with Crippen LogP contribution in [-0.2, 0) is 6.42 Å². The van der Waals surface area contributed by atoms with E-state index in [9.17, 15) is 9.18 Å². The van der Waals surface area contributed by atoms with Gasteiger partial charge in [-0.2, -0.15) is 5.26 Å². The molecule has 2 N–H and O–H groups in total. The molecule has 0 spiro atoms. The predicted octanol–water partition coefficient (Wildman–Crippen LogP) is 3.81. The van der Waals surface area contributed by atoms with Gasteiger partial charge < -0.3 is 10.6 Å².